The summed E-state index contributed by atoms with van der Waals surface area (Å²) in [7, 11) is 0. The lowest BCUT2D eigenvalue weighted by Crippen LogP contribution is -2.55. The van der Waals surface area contributed by atoms with Gasteiger partial charge >= 0.3 is 0 Å². The summed E-state index contributed by atoms with van der Waals surface area (Å²) in [5, 5.41) is 2.74. The van der Waals surface area contributed by atoms with E-state index in [0.717, 1.165) is 5.56 Å². The number of benzene rings is 1. The van der Waals surface area contributed by atoms with Gasteiger partial charge in [0.15, 0.2) is 0 Å². The molecule has 5 heteroatoms. The van der Waals surface area contributed by atoms with Crippen molar-refractivity contribution in [1.82, 2.24) is 5.32 Å². The molecule has 4 nitrogen and oxygen atoms in total. The second-order valence-electron chi connectivity index (χ2n) is 5.40. The van der Waals surface area contributed by atoms with Gasteiger partial charge in [-0.15, -0.1) is 0 Å². The van der Waals surface area contributed by atoms with Gasteiger partial charge in [-0.25, -0.2) is 4.39 Å². The first-order valence-corrected chi connectivity index (χ1v) is 6.76. The first-order chi connectivity index (χ1) is 9.37. The van der Waals surface area contributed by atoms with Gasteiger partial charge < -0.3 is 10.2 Å². The Bertz CT molecular complexity index is 559. The molecule has 20 heavy (non-hydrogen) atoms. The molecule has 1 fully saturated rings. The molecule has 2 amide bonds. The van der Waals surface area contributed by atoms with Crippen molar-refractivity contribution in [2.75, 3.05) is 11.4 Å². The number of amides is 2. The van der Waals surface area contributed by atoms with Crippen molar-refractivity contribution < 1.29 is 14.0 Å². The van der Waals surface area contributed by atoms with Gasteiger partial charge in [0.2, 0.25) is 5.91 Å². The van der Waals surface area contributed by atoms with Crippen LogP contribution in [-0.4, -0.2) is 23.9 Å². The lowest BCUT2D eigenvalue weighted by atomic mass is 9.97. The van der Waals surface area contributed by atoms with Crippen LogP contribution in [0.2, 0.25) is 0 Å². The molecule has 0 aliphatic carbocycles. The van der Waals surface area contributed by atoms with Crippen LogP contribution in [0.3, 0.4) is 0 Å². The predicted molar refractivity (Wildman–Crippen MR) is 74.9 cm³/mol. The van der Waals surface area contributed by atoms with Crippen molar-refractivity contribution in [3.8, 4) is 0 Å². The number of nitrogens with zero attached hydrogens (tertiary/aromatic N) is 1. The van der Waals surface area contributed by atoms with Crippen LogP contribution in [0.5, 0.6) is 0 Å². The Morgan fingerprint density at radius 1 is 1.40 bits per heavy atom. The van der Waals surface area contributed by atoms with Crippen molar-refractivity contribution >= 4 is 17.5 Å². The topological polar surface area (TPSA) is 49.4 Å². The molecule has 0 saturated carbocycles. The Kier molecular flexibility index (Phi) is 3.79. The average molecular weight is 278 g/mol. The molecule has 1 atom stereocenters. The maximum Gasteiger partial charge on any atom is 0.252 e. The van der Waals surface area contributed by atoms with E-state index in [2.05, 4.69) is 5.32 Å². The maximum absolute atomic E-state index is 14.0. The summed E-state index contributed by atoms with van der Waals surface area (Å²) in [5.74, 6) is -0.898. The van der Waals surface area contributed by atoms with Gasteiger partial charge in [0.05, 0.1) is 5.69 Å². The van der Waals surface area contributed by atoms with Crippen LogP contribution < -0.4 is 10.2 Å². The molecule has 1 saturated heterocycles. The highest BCUT2D eigenvalue weighted by Crippen LogP contribution is 2.26. The van der Waals surface area contributed by atoms with Crippen LogP contribution >= 0.6 is 0 Å². The first-order valence-electron chi connectivity index (χ1n) is 6.76. The smallest absolute Gasteiger partial charge is 0.252 e. The fourth-order valence-corrected chi connectivity index (χ4v) is 2.34. The highest BCUT2D eigenvalue weighted by molar-refractivity contribution is 6.04. The second-order valence-corrected chi connectivity index (χ2v) is 5.40. The average Bonchev–Trinajstić information content (AvgIpc) is 2.52. The predicted octanol–water partition coefficient (Wildman–Crippen LogP) is 2.16. The summed E-state index contributed by atoms with van der Waals surface area (Å²) in [5.41, 5.74) is 0.131. The first kappa shape index (κ1) is 14.5. The standard InChI is InChI=1S/C15H19FN2O2/c1-4-15(3)14(20)18(8-7-13(19)17-15)12-9-10(2)5-6-11(12)16/h5-6,9H,4,7-8H2,1-3H3,(H,17,19). The van der Waals surface area contributed by atoms with Gasteiger partial charge in [-0.05, 0) is 38.0 Å². The fraction of sp³-hybridized carbons (Fsp3) is 0.467. The number of carbonyl (C=O) groups excluding carboxylic acids is 2. The van der Waals surface area contributed by atoms with Gasteiger partial charge in [-0.3, -0.25) is 9.59 Å². The quantitative estimate of drug-likeness (QED) is 0.901. The number of halogens is 1. The summed E-state index contributed by atoms with van der Waals surface area (Å²) >= 11 is 0. The summed E-state index contributed by atoms with van der Waals surface area (Å²) in [4.78, 5) is 25.8. The van der Waals surface area contributed by atoms with Gasteiger partial charge in [-0.2, -0.15) is 0 Å². The van der Waals surface area contributed by atoms with Crippen LogP contribution in [0.25, 0.3) is 0 Å². The molecule has 108 valence electrons. The third kappa shape index (κ3) is 2.53. The molecule has 1 aliphatic heterocycles. The number of carbonyl (C=O) groups is 2. The lowest BCUT2D eigenvalue weighted by Gasteiger charge is -2.31. The summed E-state index contributed by atoms with van der Waals surface area (Å²) < 4.78 is 14.0. The minimum Gasteiger partial charge on any atom is -0.342 e. The van der Waals surface area contributed by atoms with Gasteiger partial charge in [-0.1, -0.05) is 13.0 Å². The van der Waals surface area contributed by atoms with Crippen molar-refractivity contribution in [1.29, 1.82) is 0 Å². The van der Waals surface area contributed by atoms with Crippen molar-refractivity contribution in [3.63, 3.8) is 0 Å². The normalized spacial score (nSPS) is 23.5. The van der Waals surface area contributed by atoms with Crippen molar-refractivity contribution in [2.24, 2.45) is 0 Å². The zero-order valence-electron chi connectivity index (χ0n) is 12.0. The zero-order chi connectivity index (χ0) is 14.9. The molecule has 0 radical (unpaired) electrons. The number of hydrogen-bond acceptors (Lipinski definition) is 2. The number of rotatable bonds is 2. The van der Waals surface area contributed by atoms with E-state index in [4.69, 9.17) is 0 Å². The summed E-state index contributed by atoms with van der Waals surface area (Å²) in [6.07, 6.45) is 0.635. The molecule has 1 N–H and O–H groups in total. The Morgan fingerprint density at radius 2 is 2.10 bits per heavy atom. The minimum absolute atomic E-state index is 0.175. The lowest BCUT2D eigenvalue weighted by molar-refractivity contribution is -0.129. The molecule has 1 aromatic carbocycles. The van der Waals surface area contributed by atoms with E-state index in [-0.39, 0.29) is 30.5 Å². The molecule has 1 heterocycles. The van der Waals surface area contributed by atoms with Crippen LogP contribution in [0.1, 0.15) is 32.3 Å². The number of hydrogen-bond donors (Lipinski definition) is 1. The summed E-state index contributed by atoms with van der Waals surface area (Å²) in [6.45, 7) is 5.54. The Balaban J connectivity index is 2.46. The molecule has 2 rings (SSSR count). The number of aryl methyl sites for hydroxylation is 1. The maximum atomic E-state index is 14.0. The van der Waals surface area contributed by atoms with Crippen LogP contribution in [-0.2, 0) is 9.59 Å². The molecule has 0 aromatic heterocycles. The van der Waals surface area contributed by atoms with E-state index in [1.807, 2.05) is 13.8 Å². The number of nitrogens with one attached hydrogen (secondary N) is 1. The Morgan fingerprint density at radius 3 is 2.75 bits per heavy atom. The molecule has 0 bridgehead atoms. The largest absolute Gasteiger partial charge is 0.342 e. The fourth-order valence-electron chi connectivity index (χ4n) is 2.34. The third-order valence-electron chi connectivity index (χ3n) is 3.79. The minimum atomic E-state index is -0.982. The molecule has 1 aliphatic rings. The van der Waals surface area contributed by atoms with Crippen molar-refractivity contribution in [2.45, 2.75) is 39.2 Å². The third-order valence-corrected chi connectivity index (χ3v) is 3.79. The van der Waals surface area contributed by atoms with Crippen LogP contribution in [0, 0.1) is 12.7 Å². The SMILES string of the molecule is CCC1(C)NC(=O)CCN(c2cc(C)ccc2F)C1=O. The summed E-state index contributed by atoms with van der Waals surface area (Å²) in [6, 6.07) is 4.64. The highest BCUT2D eigenvalue weighted by Gasteiger charge is 2.40. The highest BCUT2D eigenvalue weighted by atomic mass is 19.1. The zero-order valence-corrected chi connectivity index (χ0v) is 12.0. The van der Waals surface area contributed by atoms with E-state index in [1.165, 1.54) is 11.0 Å². The monoisotopic (exact) mass is 278 g/mol. The van der Waals surface area contributed by atoms with Crippen molar-refractivity contribution in [3.05, 3.63) is 29.6 Å². The second kappa shape index (κ2) is 5.23. The molecule has 1 aromatic rings. The van der Waals surface area contributed by atoms with E-state index in [9.17, 15) is 14.0 Å². The van der Waals surface area contributed by atoms with Gasteiger partial charge in [0, 0.05) is 13.0 Å². The molecule has 1 unspecified atom stereocenters. The Labute approximate surface area is 118 Å². The van der Waals surface area contributed by atoms with E-state index >= 15 is 0 Å². The van der Waals surface area contributed by atoms with E-state index in [0.29, 0.717) is 6.42 Å². The van der Waals surface area contributed by atoms with Gasteiger partial charge in [0.25, 0.3) is 5.91 Å². The van der Waals surface area contributed by atoms with E-state index < -0.39 is 11.4 Å². The number of anilines is 1. The molecular weight excluding hydrogens is 259 g/mol. The Hall–Kier alpha value is -1.91. The van der Waals surface area contributed by atoms with E-state index in [1.54, 1.807) is 19.1 Å². The molecular formula is C15H19FN2O2. The molecule has 0 spiro atoms. The van der Waals surface area contributed by atoms with Gasteiger partial charge in [0.1, 0.15) is 11.4 Å². The van der Waals surface area contributed by atoms with Crippen LogP contribution in [0.4, 0.5) is 10.1 Å². The van der Waals surface area contributed by atoms with Crippen LogP contribution in [0.15, 0.2) is 18.2 Å².